The Morgan fingerprint density at radius 2 is 1.84 bits per heavy atom. The third-order valence-corrected chi connectivity index (χ3v) is 4.23. The number of aryl methyl sites for hydroxylation is 1. The van der Waals surface area contributed by atoms with Gasteiger partial charge in [0.2, 0.25) is 0 Å². The van der Waals surface area contributed by atoms with E-state index in [9.17, 15) is 14.0 Å². The van der Waals surface area contributed by atoms with Crippen LogP contribution in [0.2, 0.25) is 0 Å². The van der Waals surface area contributed by atoms with Gasteiger partial charge in [0.15, 0.2) is 5.78 Å². The van der Waals surface area contributed by atoms with E-state index in [0.29, 0.717) is 39.8 Å². The Labute approximate surface area is 144 Å². The second-order valence-electron chi connectivity index (χ2n) is 5.81. The Balaban J connectivity index is 2.34. The van der Waals surface area contributed by atoms with Crippen molar-refractivity contribution in [3.63, 3.8) is 0 Å². The number of amides is 1. The molecule has 0 aliphatic heterocycles. The molecule has 128 valence electrons. The molecule has 1 heterocycles. The molecule has 0 bridgehead atoms. The largest absolute Gasteiger partial charge is 0.455 e. The van der Waals surface area contributed by atoms with E-state index in [1.165, 1.54) is 19.1 Å². The number of rotatable bonds is 4. The fourth-order valence-electron chi connectivity index (χ4n) is 2.96. The molecular formula is C20H18FNO3. The molecule has 0 fully saturated rings. The maximum atomic E-state index is 13.2. The predicted octanol–water partition coefficient (Wildman–Crippen LogP) is 4.36. The highest BCUT2D eigenvalue weighted by Gasteiger charge is 2.23. The fourth-order valence-corrected chi connectivity index (χ4v) is 2.96. The van der Waals surface area contributed by atoms with Crippen LogP contribution < -0.4 is 5.32 Å². The van der Waals surface area contributed by atoms with Crippen molar-refractivity contribution in [1.82, 2.24) is 5.32 Å². The van der Waals surface area contributed by atoms with Gasteiger partial charge in [-0.15, -0.1) is 0 Å². The van der Waals surface area contributed by atoms with E-state index in [1.54, 1.807) is 25.2 Å². The molecule has 1 amide bonds. The number of furan rings is 1. The lowest BCUT2D eigenvalue weighted by atomic mass is 9.97. The zero-order valence-electron chi connectivity index (χ0n) is 14.3. The van der Waals surface area contributed by atoms with Gasteiger partial charge in [-0.25, -0.2) is 4.39 Å². The summed E-state index contributed by atoms with van der Waals surface area (Å²) in [6, 6.07) is 9.25. The Morgan fingerprint density at radius 3 is 2.40 bits per heavy atom. The summed E-state index contributed by atoms with van der Waals surface area (Å²) >= 11 is 0. The van der Waals surface area contributed by atoms with Crippen LogP contribution in [0.3, 0.4) is 0 Å². The van der Waals surface area contributed by atoms with Gasteiger partial charge in [-0.3, -0.25) is 9.59 Å². The van der Waals surface area contributed by atoms with Crippen molar-refractivity contribution in [2.45, 2.75) is 20.3 Å². The first-order valence-electron chi connectivity index (χ1n) is 8.04. The first kappa shape index (κ1) is 16.9. The SMILES string of the molecule is CCc1cc2c(C(=O)NC)c(-c3ccc(F)cc3)oc2cc1C(C)=O. The summed E-state index contributed by atoms with van der Waals surface area (Å²) in [5.74, 6) is -0.360. The molecule has 2 aromatic carbocycles. The highest BCUT2D eigenvalue weighted by Crippen LogP contribution is 2.35. The van der Waals surface area contributed by atoms with Gasteiger partial charge < -0.3 is 9.73 Å². The molecule has 4 nitrogen and oxygen atoms in total. The summed E-state index contributed by atoms with van der Waals surface area (Å²) < 4.78 is 19.1. The van der Waals surface area contributed by atoms with Crippen molar-refractivity contribution in [2.75, 3.05) is 7.05 Å². The third-order valence-electron chi connectivity index (χ3n) is 4.23. The minimum absolute atomic E-state index is 0.0556. The lowest BCUT2D eigenvalue weighted by molar-refractivity contribution is 0.0963. The number of Topliss-reactive ketones (excluding diaryl/α,β-unsaturated/α-hetero) is 1. The number of benzene rings is 2. The number of fused-ring (bicyclic) bond motifs is 1. The molecule has 0 spiro atoms. The van der Waals surface area contributed by atoms with Crippen LogP contribution in [0.5, 0.6) is 0 Å². The summed E-state index contributed by atoms with van der Waals surface area (Å²) in [6.45, 7) is 3.46. The average Bonchev–Trinajstić information content (AvgIpc) is 2.98. The van der Waals surface area contributed by atoms with E-state index in [-0.39, 0.29) is 17.5 Å². The average molecular weight is 339 g/mol. The van der Waals surface area contributed by atoms with Gasteiger partial charge in [0.25, 0.3) is 5.91 Å². The van der Waals surface area contributed by atoms with Crippen LogP contribution in [0.1, 0.15) is 40.1 Å². The summed E-state index contributed by atoms with van der Waals surface area (Å²) in [5, 5.41) is 3.26. The molecule has 1 aromatic heterocycles. The van der Waals surface area contributed by atoms with E-state index in [4.69, 9.17) is 4.42 Å². The minimum atomic E-state index is -0.367. The van der Waals surface area contributed by atoms with Gasteiger partial charge in [-0.2, -0.15) is 0 Å². The van der Waals surface area contributed by atoms with Crippen LogP contribution >= 0.6 is 0 Å². The van der Waals surface area contributed by atoms with Crippen molar-refractivity contribution in [1.29, 1.82) is 0 Å². The second-order valence-corrected chi connectivity index (χ2v) is 5.81. The molecule has 0 aliphatic carbocycles. The molecule has 0 unspecified atom stereocenters. The molecule has 0 saturated carbocycles. The minimum Gasteiger partial charge on any atom is -0.455 e. The van der Waals surface area contributed by atoms with E-state index < -0.39 is 0 Å². The van der Waals surface area contributed by atoms with Crippen molar-refractivity contribution in [3.8, 4) is 11.3 Å². The standard InChI is InChI=1S/C20H18FNO3/c1-4-12-9-16-17(10-15(12)11(2)23)25-19(18(16)20(24)22-3)13-5-7-14(21)8-6-13/h5-10H,4H2,1-3H3,(H,22,24). The van der Waals surface area contributed by atoms with Gasteiger partial charge in [0, 0.05) is 23.6 Å². The quantitative estimate of drug-likeness (QED) is 0.718. The highest BCUT2D eigenvalue weighted by molar-refractivity contribution is 6.12. The zero-order valence-corrected chi connectivity index (χ0v) is 14.3. The molecule has 0 saturated heterocycles. The lowest BCUT2D eigenvalue weighted by Gasteiger charge is -2.05. The number of carbonyl (C=O) groups excluding carboxylic acids is 2. The van der Waals surface area contributed by atoms with E-state index in [1.807, 2.05) is 13.0 Å². The van der Waals surface area contributed by atoms with Crippen LogP contribution in [-0.4, -0.2) is 18.7 Å². The molecule has 3 aromatic rings. The molecule has 25 heavy (non-hydrogen) atoms. The zero-order chi connectivity index (χ0) is 18.1. The van der Waals surface area contributed by atoms with Crippen molar-refractivity contribution in [3.05, 3.63) is 58.9 Å². The smallest absolute Gasteiger partial charge is 0.255 e. The molecule has 0 atom stereocenters. The van der Waals surface area contributed by atoms with Crippen LogP contribution in [0.4, 0.5) is 4.39 Å². The molecule has 3 rings (SSSR count). The Bertz CT molecular complexity index is 971. The fraction of sp³-hybridized carbons (Fsp3) is 0.200. The molecule has 0 aliphatic rings. The number of hydrogen-bond donors (Lipinski definition) is 1. The predicted molar refractivity (Wildman–Crippen MR) is 94.4 cm³/mol. The monoisotopic (exact) mass is 339 g/mol. The van der Waals surface area contributed by atoms with Crippen molar-refractivity contribution < 1.29 is 18.4 Å². The van der Waals surface area contributed by atoms with Gasteiger partial charge in [0.05, 0.1) is 5.56 Å². The van der Waals surface area contributed by atoms with Crippen molar-refractivity contribution in [2.24, 2.45) is 0 Å². The Kier molecular flexibility index (Phi) is 4.40. The molecule has 5 heteroatoms. The van der Waals surface area contributed by atoms with Crippen LogP contribution in [-0.2, 0) is 6.42 Å². The first-order valence-corrected chi connectivity index (χ1v) is 8.04. The summed E-state index contributed by atoms with van der Waals surface area (Å²) in [4.78, 5) is 24.4. The lowest BCUT2D eigenvalue weighted by Crippen LogP contribution is -2.18. The Morgan fingerprint density at radius 1 is 1.16 bits per heavy atom. The van der Waals surface area contributed by atoms with E-state index in [2.05, 4.69) is 5.32 Å². The van der Waals surface area contributed by atoms with Gasteiger partial charge in [-0.1, -0.05) is 6.92 Å². The van der Waals surface area contributed by atoms with Crippen LogP contribution in [0.25, 0.3) is 22.3 Å². The number of halogens is 1. The molecule has 0 radical (unpaired) electrons. The number of ketones is 1. The number of hydrogen-bond acceptors (Lipinski definition) is 3. The van der Waals surface area contributed by atoms with Crippen LogP contribution in [0, 0.1) is 5.82 Å². The highest BCUT2D eigenvalue weighted by atomic mass is 19.1. The van der Waals surface area contributed by atoms with E-state index in [0.717, 1.165) is 5.56 Å². The number of carbonyl (C=O) groups is 2. The Hall–Kier alpha value is -2.95. The van der Waals surface area contributed by atoms with E-state index >= 15 is 0 Å². The topological polar surface area (TPSA) is 59.3 Å². The number of nitrogens with one attached hydrogen (secondary N) is 1. The second kappa shape index (κ2) is 6.51. The maximum Gasteiger partial charge on any atom is 0.255 e. The van der Waals surface area contributed by atoms with Gasteiger partial charge in [-0.05, 0) is 55.3 Å². The summed E-state index contributed by atoms with van der Waals surface area (Å²) in [6.07, 6.45) is 0.662. The third kappa shape index (κ3) is 2.93. The summed E-state index contributed by atoms with van der Waals surface area (Å²) in [5.41, 5.74) is 2.88. The molecular weight excluding hydrogens is 321 g/mol. The van der Waals surface area contributed by atoms with Gasteiger partial charge in [0.1, 0.15) is 17.2 Å². The summed E-state index contributed by atoms with van der Waals surface area (Å²) in [7, 11) is 1.54. The van der Waals surface area contributed by atoms with Crippen molar-refractivity contribution >= 4 is 22.7 Å². The normalized spacial score (nSPS) is 10.9. The first-order chi connectivity index (χ1) is 12.0. The van der Waals surface area contributed by atoms with Crippen LogP contribution in [0.15, 0.2) is 40.8 Å². The molecule has 1 N–H and O–H groups in total. The maximum absolute atomic E-state index is 13.2. The van der Waals surface area contributed by atoms with Gasteiger partial charge >= 0.3 is 0 Å².